The summed E-state index contributed by atoms with van der Waals surface area (Å²) in [5.41, 5.74) is 1.99. The monoisotopic (exact) mass is 521 g/mol. The van der Waals surface area contributed by atoms with E-state index < -0.39 is 16.0 Å². The largest absolute Gasteiger partial charge is 0.468 e. The second kappa shape index (κ2) is 10.1. The summed E-state index contributed by atoms with van der Waals surface area (Å²) in [4.78, 5) is 29.9. The summed E-state index contributed by atoms with van der Waals surface area (Å²) in [6.07, 6.45) is 0.818. The third-order valence-electron chi connectivity index (χ3n) is 5.99. The molecule has 0 unspecified atom stereocenters. The molecule has 11 heteroatoms. The lowest BCUT2D eigenvalue weighted by Crippen LogP contribution is -2.40. The van der Waals surface area contributed by atoms with Gasteiger partial charge in [0.05, 0.1) is 17.3 Å². The van der Waals surface area contributed by atoms with Gasteiger partial charge in [-0.1, -0.05) is 37.3 Å². The van der Waals surface area contributed by atoms with Crippen molar-refractivity contribution in [3.63, 3.8) is 0 Å². The number of nitrogens with zero attached hydrogens (tertiary/aromatic N) is 3. The Balaban J connectivity index is 1.59. The molecule has 3 aromatic rings. The number of aromatic nitrogens is 1. The van der Waals surface area contributed by atoms with E-state index in [1.54, 1.807) is 22.1 Å². The number of piperidine rings is 1. The topological polar surface area (TPSA) is 98.0 Å². The van der Waals surface area contributed by atoms with Crippen LogP contribution in [0.1, 0.15) is 38.2 Å². The zero-order valence-corrected chi connectivity index (χ0v) is 21.7. The first-order valence-corrected chi connectivity index (χ1v) is 14.2. The average Bonchev–Trinajstić information content (AvgIpc) is 3.48. The highest BCUT2D eigenvalue weighted by Crippen LogP contribution is 2.27. The predicted octanol–water partition coefficient (Wildman–Crippen LogP) is 3.59. The van der Waals surface area contributed by atoms with Crippen molar-refractivity contribution in [3.05, 3.63) is 46.1 Å². The van der Waals surface area contributed by atoms with Crippen LogP contribution in [-0.2, 0) is 30.9 Å². The number of benzene rings is 1. The fraction of sp³-hybridized carbons (Fsp3) is 0.435. The fourth-order valence-electron chi connectivity index (χ4n) is 3.95. The Hall–Kier alpha value is -2.34. The third kappa shape index (κ3) is 5.02. The number of fused-ring (bicyclic) bond motifs is 1. The average molecular weight is 522 g/mol. The molecule has 1 fully saturated rings. The second-order valence-corrected chi connectivity index (χ2v) is 12.6. The summed E-state index contributed by atoms with van der Waals surface area (Å²) in [6.45, 7) is 4.73. The maximum absolute atomic E-state index is 13.1. The number of thiazole rings is 1. The van der Waals surface area contributed by atoms with Crippen molar-refractivity contribution >= 4 is 54.8 Å². The van der Waals surface area contributed by atoms with Crippen molar-refractivity contribution in [3.8, 4) is 0 Å². The van der Waals surface area contributed by atoms with Gasteiger partial charge in [0.25, 0.3) is 15.9 Å². The molecule has 0 spiro atoms. The Morgan fingerprint density at radius 1 is 1.21 bits per heavy atom. The molecule has 0 aliphatic carbocycles. The minimum Gasteiger partial charge on any atom is -0.468 e. The summed E-state index contributed by atoms with van der Waals surface area (Å²) >= 11 is 2.56. The molecule has 0 radical (unpaired) electrons. The van der Waals surface area contributed by atoms with E-state index in [0.29, 0.717) is 27.8 Å². The predicted molar refractivity (Wildman–Crippen MR) is 132 cm³/mol. The van der Waals surface area contributed by atoms with E-state index in [2.05, 4.69) is 24.9 Å². The second-order valence-electron chi connectivity index (χ2n) is 8.49. The number of carbonyl (C=O) groups excluding carboxylic acids is 2. The molecule has 0 bridgehead atoms. The van der Waals surface area contributed by atoms with Crippen LogP contribution in [0.25, 0.3) is 10.2 Å². The summed E-state index contributed by atoms with van der Waals surface area (Å²) < 4.78 is 34.7. The van der Waals surface area contributed by atoms with Gasteiger partial charge in [-0.2, -0.15) is 9.30 Å². The molecular weight excluding hydrogens is 494 g/mol. The van der Waals surface area contributed by atoms with Gasteiger partial charge < -0.3 is 9.30 Å². The Bertz CT molecular complexity index is 1360. The van der Waals surface area contributed by atoms with Gasteiger partial charge in [-0.05, 0) is 47.9 Å². The minimum atomic E-state index is -3.52. The van der Waals surface area contributed by atoms with E-state index in [1.165, 1.54) is 34.1 Å². The Morgan fingerprint density at radius 3 is 2.56 bits per heavy atom. The molecule has 0 N–H and O–H groups in total. The molecule has 1 saturated heterocycles. The van der Waals surface area contributed by atoms with Crippen LogP contribution in [0.15, 0.2) is 44.9 Å². The molecule has 1 aliphatic heterocycles. The number of thiophene rings is 1. The fourth-order valence-corrected chi connectivity index (χ4v) is 7.64. The first kappa shape index (κ1) is 24.8. The van der Waals surface area contributed by atoms with Gasteiger partial charge in [-0.25, -0.2) is 8.42 Å². The van der Waals surface area contributed by atoms with Crippen LogP contribution < -0.4 is 4.80 Å². The highest BCUT2D eigenvalue weighted by atomic mass is 32.2. The quantitative estimate of drug-likeness (QED) is 0.462. The van der Waals surface area contributed by atoms with Gasteiger partial charge in [0.1, 0.15) is 10.8 Å². The van der Waals surface area contributed by atoms with Crippen LogP contribution in [-0.4, -0.2) is 49.4 Å². The molecule has 1 aliphatic rings. The van der Waals surface area contributed by atoms with E-state index >= 15 is 0 Å². The van der Waals surface area contributed by atoms with E-state index in [0.717, 1.165) is 15.8 Å². The molecular formula is C23H27N3O5S3. The molecule has 1 aromatic carbocycles. The van der Waals surface area contributed by atoms with Crippen LogP contribution in [0.3, 0.4) is 0 Å². The van der Waals surface area contributed by atoms with Crippen LogP contribution in [0.5, 0.6) is 0 Å². The van der Waals surface area contributed by atoms with Crippen LogP contribution >= 0.6 is 22.7 Å². The Morgan fingerprint density at radius 2 is 1.94 bits per heavy atom. The Labute approximate surface area is 206 Å². The van der Waals surface area contributed by atoms with Crippen molar-refractivity contribution in [2.24, 2.45) is 10.9 Å². The van der Waals surface area contributed by atoms with Gasteiger partial charge in [0, 0.05) is 19.0 Å². The summed E-state index contributed by atoms with van der Waals surface area (Å²) in [7, 11) is -2.19. The highest BCUT2D eigenvalue weighted by Gasteiger charge is 2.32. The number of methoxy groups -OCH3 is 1. The first-order chi connectivity index (χ1) is 16.2. The Kier molecular flexibility index (Phi) is 7.36. The lowest BCUT2D eigenvalue weighted by atomic mass is 9.98. The molecule has 1 amide bonds. The van der Waals surface area contributed by atoms with Crippen LogP contribution in [0.2, 0.25) is 0 Å². The first-order valence-electron chi connectivity index (χ1n) is 11.0. The third-order valence-corrected chi connectivity index (χ3v) is 10.3. The van der Waals surface area contributed by atoms with Gasteiger partial charge in [-0.15, -0.1) is 11.3 Å². The SMILES string of the molecule is COC(=O)Cn1c(=NC(=O)C2CCN(S(=O)(=O)c3cccs3)CC2)sc2cc(C(C)C)ccc21. The summed E-state index contributed by atoms with van der Waals surface area (Å²) in [5, 5.41) is 1.74. The number of hydrogen-bond acceptors (Lipinski definition) is 7. The molecule has 8 nitrogen and oxygen atoms in total. The van der Waals surface area contributed by atoms with Crippen molar-refractivity contribution < 1.29 is 22.7 Å². The maximum Gasteiger partial charge on any atom is 0.325 e. The van der Waals surface area contributed by atoms with Crippen LogP contribution in [0, 0.1) is 5.92 Å². The van der Waals surface area contributed by atoms with Gasteiger partial charge >= 0.3 is 5.97 Å². The summed E-state index contributed by atoms with van der Waals surface area (Å²) in [5.74, 6) is -0.730. The molecule has 4 rings (SSSR count). The van der Waals surface area contributed by atoms with E-state index in [-0.39, 0.29) is 31.5 Å². The number of amides is 1. The number of sulfonamides is 1. The van der Waals surface area contributed by atoms with Crippen molar-refractivity contribution in [1.29, 1.82) is 0 Å². The van der Waals surface area contributed by atoms with Crippen LogP contribution in [0.4, 0.5) is 0 Å². The van der Waals surface area contributed by atoms with Crippen molar-refractivity contribution in [2.45, 2.75) is 43.4 Å². The molecule has 2 aromatic heterocycles. The molecule has 34 heavy (non-hydrogen) atoms. The van der Waals surface area contributed by atoms with Gasteiger partial charge in [0.15, 0.2) is 4.80 Å². The minimum absolute atomic E-state index is 0.0405. The smallest absolute Gasteiger partial charge is 0.325 e. The van der Waals surface area contributed by atoms with Crippen molar-refractivity contribution in [2.75, 3.05) is 20.2 Å². The van der Waals surface area contributed by atoms with E-state index in [1.807, 2.05) is 12.1 Å². The zero-order valence-electron chi connectivity index (χ0n) is 19.3. The van der Waals surface area contributed by atoms with Gasteiger partial charge in [-0.3, -0.25) is 9.59 Å². The summed E-state index contributed by atoms with van der Waals surface area (Å²) in [6, 6.07) is 9.34. The standard InChI is InChI=1S/C23H27N3O5S3/c1-15(2)17-6-7-18-19(13-17)33-23(26(18)14-20(27)31-3)24-22(28)16-8-10-25(11-9-16)34(29,30)21-5-4-12-32-21/h4-7,12-13,15-16H,8-11,14H2,1-3H3. The maximum atomic E-state index is 13.1. The molecule has 0 saturated carbocycles. The number of esters is 1. The molecule has 182 valence electrons. The number of rotatable bonds is 6. The van der Waals surface area contributed by atoms with Crippen molar-refractivity contribution in [1.82, 2.24) is 8.87 Å². The lowest BCUT2D eigenvalue weighted by Gasteiger charge is -2.29. The zero-order chi connectivity index (χ0) is 24.5. The van der Waals surface area contributed by atoms with E-state index in [9.17, 15) is 18.0 Å². The number of carbonyl (C=O) groups is 2. The van der Waals surface area contributed by atoms with Gasteiger partial charge in [0.2, 0.25) is 0 Å². The highest BCUT2D eigenvalue weighted by molar-refractivity contribution is 7.91. The number of hydrogen-bond donors (Lipinski definition) is 0. The number of ether oxygens (including phenoxy) is 1. The molecule has 3 heterocycles. The normalized spacial score (nSPS) is 16.4. The molecule has 0 atom stereocenters. The lowest BCUT2D eigenvalue weighted by molar-refractivity contribution is -0.141. The van der Waals surface area contributed by atoms with E-state index in [4.69, 9.17) is 4.74 Å².